The molecule has 4 heteroatoms. The standard InChI is InChI=1S/C9H11N3O/c1-6-4-7(5-12-9(6)13)8(11)2-3-10/h4-5,8H,2,11H2,1H3,(H,12,13)/t8-/m1/s1. The second kappa shape index (κ2) is 3.87. The highest BCUT2D eigenvalue weighted by Gasteiger charge is 2.05. The number of aromatic nitrogens is 1. The van der Waals surface area contributed by atoms with Gasteiger partial charge in [0, 0.05) is 17.8 Å². The molecule has 0 amide bonds. The van der Waals surface area contributed by atoms with E-state index in [-0.39, 0.29) is 18.0 Å². The Labute approximate surface area is 76.0 Å². The van der Waals surface area contributed by atoms with E-state index in [1.165, 1.54) is 0 Å². The molecule has 0 radical (unpaired) electrons. The summed E-state index contributed by atoms with van der Waals surface area (Å²) in [4.78, 5) is 13.6. The first-order valence-electron chi connectivity index (χ1n) is 3.97. The Balaban J connectivity index is 2.98. The lowest BCUT2D eigenvalue weighted by Crippen LogP contribution is -2.15. The van der Waals surface area contributed by atoms with Gasteiger partial charge in [-0.25, -0.2) is 0 Å². The van der Waals surface area contributed by atoms with Crippen LogP contribution >= 0.6 is 0 Å². The number of aromatic amines is 1. The van der Waals surface area contributed by atoms with Crippen LogP contribution in [0.2, 0.25) is 0 Å². The third-order valence-corrected chi connectivity index (χ3v) is 1.85. The third-order valence-electron chi connectivity index (χ3n) is 1.85. The van der Waals surface area contributed by atoms with Gasteiger partial charge in [-0.05, 0) is 18.6 Å². The van der Waals surface area contributed by atoms with Crippen molar-refractivity contribution in [1.82, 2.24) is 4.98 Å². The molecular weight excluding hydrogens is 166 g/mol. The molecule has 0 fully saturated rings. The van der Waals surface area contributed by atoms with E-state index in [2.05, 4.69) is 4.98 Å². The molecule has 4 nitrogen and oxygen atoms in total. The molecule has 0 aliphatic heterocycles. The molecule has 1 atom stereocenters. The monoisotopic (exact) mass is 177 g/mol. The van der Waals surface area contributed by atoms with E-state index >= 15 is 0 Å². The highest BCUT2D eigenvalue weighted by Crippen LogP contribution is 2.11. The van der Waals surface area contributed by atoms with E-state index in [1.54, 1.807) is 19.2 Å². The third kappa shape index (κ3) is 2.17. The molecule has 13 heavy (non-hydrogen) atoms. The largest absolute Gasteiger partial charge is 0.329 e. The number of nitrogens with one attached hydrogen (secondary N) is 1. The van der Waals surface area contributed by atoms with Crippen LogP contribution in [0.1, 0.15) is 23.6 Å². The summed E-state index contributed by atoms with van der Waals surface area (Å²) in [6, 6.07) is 3.37. The van der Waals surface area contributed by atoms with Crippen LogP contribution < -0.4 is 11.3 Å². The smallest absolute Gasteiger partial charge is 0.250 e. The van der Waals surface area contributed by atoms with Crippen molar-refractivity contribution in [3.8, 4) is 6.07 Å². The molecule has 0 spiro atoms. The summed E-state index contributed by atoms with van der Waals surface area (Å²) in [7, 11) is 0. The molecule has 1 aromatic heterocycles. The maximum atomic E-state index is 11.0. The van der Waals surface area contributed by atoms with Gasteiger partial charge in [-0.1, -0.05) is 0 Å². The lowest BCUT2D eigenvalue weighted by Gasteiger charge is -2.07. The predicted octanol–water partition coefficient (Wildman–Crippen LogP) is 0.597. The van der Waals surface area contributed by atoms with Crippen molar-refractivity contribution < 1.29 is 0 Å². The lowest BCUT2D eigenvalue weighted by atomic mass is 10.1. The lowest BCUT2D eigenvalue weighted by molar-refractivity contribution is 0.741. The Morgan fingerprint density at radius 3 is 3.00 bits per heavy atom. The fourth-order valence-corrected chi connectivity index (χ4v) is 1.05. The van der Waals surface area contributed by atoms with Crippen molar-refractivity contribution in [3.05, 3.63) is 33.7 Å². The molecule has 0 aliphatic rings. The molecule has 0 saturated carbocycles. The number of pyridine rings is 1. The van der Waals surface area contributed by atoms with Gasteiger partial charge in [0.25, 0.3) is 5.56 Å². The summed E-state index contributed by atoms with van der Waals surface area (Å²) >= 11 is 0. The SMILES string of the molecule is Cc1cc([C@H](N)CC#N)c[nH]c1=O. The minimum Gasteiger partial charge on any atom is -0.329 e. The van der Waals surface area contributed by atoms with Crippen LogP contribution in [0.3, 0.4) is 0 Å². The molecule has 0 bridgehead atoms. The molecule has 3 N–H and O–H groups in total. The van der Waals surface area contributed by atoms with Crippen molar-refractivity contribution in [2.24, 2.45) is 5.73 Å². The highest BCUT2D eigenvalue weighted by molar-refractivity contribution is 5.20. The van der Waals surface area contributed by atoms with Gasteiger partial charge < -0.3 is 10.7 Å². The van der Waals surface area contributed by atoms with Crippen LogP contribution in [-0.2, 0) is 0 Å². The minimum atomic E-state index is -0.319. The van der Waals surface area contributed by atoms with E-state index in [0.717, 1.165) is 5.56 Å². The quantitative estimate of drug-likeness (QED) is 0.693. The van der Waals surface area contributed by atoms with Gasteiger partial charge in [0.2, 0.25) is 0 Å². The molecule has 0 aromatic carbocycles. The van der Waals surface area contributed by atoms with Crippen LogP contribution in [0.4, 0.5) is 0 Å². The number of hydrogen-bond acceptors (Lipinski definition) is 3. The maximum Gasteiger partial charge on any atom is 0.250 e. The normalized spacial score (nSPS) is 12.1. The molecule has 1 aromatic rings. The van der Waals surface area contributed by atoms with Gasteiger partial charge in [0.15, 0.2) is 0 Å². The van der Waals surface area contributed by atoms with E-state index in [0.29, 0.717) is 5.56 Å². The molecule has 0 unspecified atom stereocenters. The van der Waals surface area contributed by atoms with Gasteiger partial charge in [0.05, 0.1) is 12.5 Å². The second-order valence-electron chi connectivity index (χ2n) is 2.91. The van der Waals surface area contributed by atoms with Gasteiger partial charge in [0.1, 0.15) is 0 Å². The minimum absolute atomic E-state index is 0.118. The van der Waals surface area contributed by atoms with Gasteiger partial charge in [-0.15, -0.1) is 0 Å². The highest BCUT2D eigenvalue weighted by atomic mass is 16.1. The zero-order valence-corrected chi connectivity index (χ0v) is 7.37. The summed E-state index contributed by atoms with van der Waals surface area (Å²) in [6.45, 7) is 1.71. The van der Waals surface area contributed by atoms with Crippen LogP contribution in [0.15, 0.2) is 17.1 Å². The zero-order chi connectivity index (χ0) is 9.84. The van der Waals surface area contributed by atoms with Gasteiger partial charge in [-0.2, -0.15) is 5.26 Å². The number of nitrogens with zero attached hydrogens (tertiary/aromatic N) is 1. The number of aryl methyl sites for hydroxylation is 1. The molecule has 0 aliphatic carbocycles. The Bertz CT molecular complexity index is 389. The van der Waals surface area contributed by atoms with Crippen molar-refractivity contribution >= 4 is 0 Å². The van der Waals surface area contributed by atoms with Gasteiger partial charge >= 0.3 is 0 Å². The first-order chi connectivity index (χ1) is 6.15. The number of H-pyrrole nitrogens is 1. The molecule has 68 valence electrons. The van der Waals surface area contributed by atoms with Crippen molar-refractivity contribution in [2.45, 2.75) is 19.4 Å². The Hall–Kier alpha value is -1.60. The number of rotatable bonds is 2. The predicted molar refractivity (Wildman–Crippen MR) is 49.0 cm³/mol. The first kappa shape index (κ1) is 9.49. The van der Waals surface area contributed by atoms with E-state index in [9.17, 15) is 4.79 Å². The number of nitrogens with two attached hydrogens (primary N) is 1. The maximum absolute atomic E-state index is 11.0. The summed E-state index contributed by atoms with van der Waals surface area (Å²) in [5.74, 6) is 0. The Morgan fingerprint density at radius 2 is 2.46 bits per heavy atom. The topological polar surface area (TPSA) is 82.7 Å². The second-order valence-corrected chi connectivity index (χ2v) is 2.91. The van der Waals surface area contributed by atoms with Crippen molar-refractivity contribution in [1.29, 1.82) is 5.26 Å². The molecule has 1 heterocycles. The van der Waals surface area contributed by atoms with Crippen LogP contribution in [0, 0.1) is 18.3 Å². The van der Waals surface area contributed by atoms with E-state index in [4.69, 9.17) is 11.0 Å². The summed E-state index contributed by atoms with van der Waals surface area (Å²) in [5, 5.41) is 8.42. The van der Waals surface area contributed by atoms with E-state index < -0.39 is 0 Å². The van der Waals surface area contributed by atoms with Crippen LogP contribution in [0.5, 0.6) is 0 Å². The van der Waals surface area contributed by atoms with Crippen LogP contribution in [0.25, 0.3) is 0 Å². The number of hydrogen-bond donors (Lipinski definition) is 2. The molecule has 0 saturated heterocycles. The fourth-order valence-electron chi connectivity index (χ4n) is 1.05. The summed E-state index contributed by atoms with van der Waals surface area (Å²) in [6.07, 6.45) is 1.81. The van der Waals surface area contributed by atoms with Crippen molar-refractivity contribution in [2.75, 3.05) is 0 Å². The Kier molecular flexibility index (Phi) is 2.83. The zero-order valence-electron chi connectivity index (χ0n) is 7.37. The average molecular weight is 177 g/mol. The first-order valence-corrected chi connectivity index (χ1v) is 3.97. The average Bonchev–Trinajstić information content (AvgIpc) is 2.10. The summed E-state index contributed by atoms with van der Waals surface area (Å²) < 4.78 is 0. The van der Waals surface area contributed by atoms with Crippen LogP contribution in [-0.4, -0.2) is 4.98 Å². The van der Waals surface area contributed by atoms with Crippen molar-refractivity contribution in [3.63, 3.8) is 0 Å². The fraction of sp³-hybridized carbons (Fsp3) is 0.333. The molecular formula is C9H11N3O. The Morgan fingerprint density at radius 1 is 1.77 bits per heavy atom. The molecule has 1 rings (SSSR count). The van der Waals surface area contributed by atoms with Gasteiger partial charge in [-0.3, -0.25) is 4.79 Å². The number of nitriles is 1. The summed E-state index contributed by atoms with van der Waals surface area (Å²) in [5.41, 5.74) is 6.97. The van der Waals surface area contributed by atoms with E-state index in [1.807, 2.05) is 6.07 Å².